The lowest BCUT2D eigenvalue weighted by Gasteiger charge is -2.29. The number of hydrogen-bond donors (Lipinski definition) is 2. The fourth-order valence-electron chi connectivity index (χ4n) is 3.50. The standard InChI is InChI=1S/C24H28F2N4O4/c1-24(2,34-3)14-29(15-32)18-8-9-20-19(13-18)27-23(30(20)10-5-11-31)28-22(33)17-7-4-6-16(12-17)21(25)26/h4,6-9,12-13,15,21,31H,5,10-11,14H2,1-3H3,(H,27,28,33). The van der Waals surface area contributed by atoms with E-state index in [4.69, 9.17) is 4.74 Å². The number of carbonyl (C=O) groups excluding carboxylic acids is 2. The molecule has 0 aliphatic heterocycles. The molecule has 10 heteroatoms. The van der Waals surface area contributed by atoms with E-state index < -0.39 is 17.9 Å². The smallest absolute Gasteiger partial charge is 0.263 e. The second-order valence-corrected chi connectivity index (χ2v) is 8.41. The number of anilines is 2. The fourth-order valence-corrected chi connectivity index (χ4v) is 3.50. The van der Waals surface area contributed by atoms with E-state index in [1.165, 1.54) is 23.1 Å². The average molecular weight is 475 g/mol. The molecule has 0 fully saturated rings. The summed E-state index contributed by atoms with van der Waals surface area (Å²) in [4.78, 5) is 30.5. The minimum absolute atomic E-state index is 0.0629. The highest BCUT2D eigenvalue weighted by Crippen LogP contribution is 2.27. The monoisotopic (exact) mass is 474 g/mol. The zero-order valence-corrected chi connectivity index (χ0v) is 19.3. The Labute approximate surface area is 196 Å². The lowest BCUT2D eigenvalue weighted by molar-refractivity contribution is -0.108. The first kappa shape index (κ1) is 25.3. The first-order chi connectivity index (χ1) is 16.2. The van der Waals surface area contributed by atoms with Gasteiger partial charge in [-0.1, -0.05) is 12.1 Å². The third-order valence-corrected chi connectivity index (χ3v) is 5.46. The summed E-state index contributed by atoms with van der Waals surface area (Å²) in [5, 5.41) is 12.0. The van der Waals surface area contributed by atoms with Gasteiger partial charge in [0.05, 0.1) is 23.2 Å². The lowest BCUT2D eigenvalue weighted by atomic mass is 10.1. The molecule has 34 heavy (non-hydrogen) atoms. The molecule has 0 radical (unpaired) electrons. The highest BCUT2D eigenvalue weighted by Gasteiger charge is 2.22. The molecular weight excluding hydrogens is 446 g/mol. The molecule has 0 spiro atoms. The maximum atomic E-state index is 13.0. The molecule has 0 atom stereocenters. The molecule has 1 heterocycles. The van der Waals surface area contributed by atoms with E-state index in [9.17, 15) is 23.5 Å². The Morgan fingerprint density at radius 3 is 2.71 bits per heavy atom. The Balaban J connectivity index is 1.96. The molecule has 1 aromatic heterocycles. The number of aryl methyl sites for hydroxylation is 1. The van der Waals surface area contributed by atoms with E-state index in [-0.39, 0.29) is 23.7 Å². The van der Waals surface area contributed by atoms with Crippen LogP contribution in [0.3, 0.4) is 0 Å². The molecule has 182 valence electrons. The average Bonchev–Trinajstić information content (AvgIpc) is 3.17. The van der Waals surface area contributed by atoms with Crippen LogP contribution >= 0.6 is 0 Å². The lowest BCUT2D eigenvalue weighted by Crippen LogP contribution is -2.39. The van der Waals surface area contributed by atoms with Crippen LogP contribution in [-0.4, -0.2) is 52.8 Å². The summed E-state index contributed by atoms with van der Waals surface area (Å²) in [5.74, 6) is -0.373. The topological polar surface area (TPSA) is 96.7 Å². The number of fused-ring (bicyclic) bond motifs is 1. The van der Waals surface area contributed by atoms with Gasteiger partial charge >= 0.3 is 0 Å². The van der Waals surface area contributed by atoms with Gasteiger partial charge in [0.2, 0.25) is 12.4 Å². The highest BCUT2D eigenvalue weighted by atomic mass is 19.3. The van der Waals surface area contributed by atoms with Crippen molar-refractivity contribution in [3.8, 4) is 0 Å². The van der Waals surface area contributed by atoms with Crippen LogP contribution in [0.2, 0.25) is 0 Å². The van der Waals surface area contributed by atoms with E-state index in [0.29, 0.717) is 42.6 Å². The van der Waals surface area contributed by atoms with Gasteiger partial charge in [0, 0.05) is 37.1 Å². The van der Waals surface area contributed by atoms with Gasteiger partial charge in [-0.15, -0.1) is 0 Å². The number of methoxy groups -OCH3 is 1. The van der Waals surface area contributed by atoms with Gasteiger partial charge in [0.25, 0.3) is 12.3 Å². The molecule has 2 amide bonds. The molecule has 0 saturated carbocycles. The van der Waals surface area contributed by atoms with Crippen LogP contribution < -0.4 is 10.2 Å². The van der Waals surface area contributed by atoms with Gasteiger partial charge in [-0.05, 0) is 50.6 Å². The van der Waals surface area contributed by atoms with Crippen LogP contribution in [0.15, 0.2) is 42.5 Å². The van der Waals surface area contributed by atoms with Crippen LogP contribution in [0, 0.1) is 0 Å². The second kappa shape index (κ2) is 10.7. The number of carbonyl (C=O) groups is 2. The first-order valence-electron chi connectivity index (χ1n) is 10.8. The molecule has 0 bridgehead atoms. The molecule has 0 aliphatic carbocycles. The number of rotatable bonds is 11. The van der Waals surface area contributed by atoms with E-state index in [0.717, 1.165) is 6.07 Å². The maximum absolute atomic E-state index is 13.0. The Morgan fingerprint density at radius 1 is 1.29 bits per heavy atom. The number of ether oxygens (including phenoxy) is 1. The number of hydrogen-bond acceptors (Lipinski definition) is 5. The molecule has 8 nitrogen and oxygen atoms in total. The predicted molar refractivity (Wildman–Crippen MR) is 125 cm³/mol. The number of aliphatic hydroxyl groups excluding tert-OH is 1. The molecule has 0 aliphatic rings. The van der Waals surface area contributed by atoms with Crippen molar-refractivity contribution in [3.63, 3.8) is 0 Å². The first-order valence-corrected chi connectivity index (χ1v) is 10.8. The Morgan fingerprint density at radius 2 is 2.06 bits per heavy atom. The van der Waals surface area contributed by atoms with Crippen LogP contribution in [0.4, 0.5) is 20.4 Å². The van der Waals surface area contributed by atoms with Gasteiger partial charge in [0.1, 0.15) is 0 Å². The normalized spacial score (nSPS) is 11.7. The summed E-state index contributed by atoms with van der Waals surface area (Å²) in [6.07, 6.45) is -1.56. The molecule has 0 saturated heterocycles. The van der Waals surface area contributed by atoms with Gasteiger partial charge in [-0.25, -0.2) is 13.8 Å². The second-order valence-electron chi connectivity index (χ2n) is 8.41. The van der Waals surface area contributed by atoms with Crippen molar-refractivity contribution in [1.82, 2.24) is 9.55 Å². The number of aromatic nitrogens is 2. The highest BCUT2D eigenvalue weighted by molar-refractivity contribution is 6.04. The van der Waals surface area contributed by atoms with Gasteiger partial charge in [0.15, 0.2) is 0 Å². The van der Waals surface area contributed by atoms with Gasteiger partial charge < -0.3 is 19.3 Å². The van der Waals surface area contributed by atoms with Crippen molar-refractivity contribution in [2.24, 2.45) is 0 Å². The van der Waals surface area contributed by atoms with E-state index in [1.54, 1.807) is 29.9 Å². The maximum Gasteiger partial charge on any atom is 0.263 e. The van der Waals surface area contributed by atoms with Crippen molar-refractivity contribution in [3.05, 3.63) is 53.6 Å². The number of nitrogens with one attached hydrogen (secondary N) is 1. The number of amides is 2. The Bertz CT molecular complexity index is 1160. The third kappa shape index (κ3) is 5.75. The predicted octanol–water partition coefficient (Wildman–Crippen LogP) is 4.00. The molecule has 3 aromatic rings. The minimum atomic E-state index is -2.69. The number of nitrogens with zero attached hydrogens (tertiary/aromatic N) is 3. The minimum Gasteiger partial charge on any atom is -0.396 e. The third-order valence-electron chi connectivity index (χ3n) is 5.46. The summed E-state index contributed by atoms with van der Waals surface area (Å²) in [7, 11) is 1.57. The van der Waals surface area contributed by atoms with Crippen LogP contribution in [0.25, 0.3) is 11.0 Å². The zero-order valence-electron chi connectivity index (χ0n) is 19.3. The van der Waals surface area contributed by atoms with E-state index in [2.05, 4.69) is 10.3 Å². The van der Waals surface area contributed by atoms with Crippen molar-refractivity contribution >= 4 is 35.0 Å². The van der Waals surface area contributed by atoms with Crippen molar-refractivity contribution < 1.29 is 28.2 Å². The number of alkyl halides is 2. The molecule has 2 aromatic carbocycles. The number of imidazole rings is 1. The zero-order chi connectivity index (χ0) is 24.9. The van der Waals surface area contributed by atoms with E-state index >= 15 is 0 Å². The largest absolute Gasteiger partial charge is 0.396 e. The van der Waals surface area contributed by atoms with E-state index in [1.807, 2.05) is 13.8 Å². The Hall–Kier alpha value is -3.37. The summed E-state index contributed by atoms with van der Waals surface area (Å²) in [6.45, 7) is 4.35. The summed E-state index contributed by atoms with van der Waals surface area (Å²) < 4.78 is 33.2. The fraction of sp³-hybridized carbons (Fsp3) is 0.375. The molecule has 0 unspecified atom stereocenters. The number of aliphatic hydroxyl groups is 1. The SMILES string of the molecule is COC(C)(C)CN(C=O)c1ccc2c(c1)nc(NC(=O)c1cccc(C(F)F)c1)n2CCCO. The summed E-state index contributed by atoms with van der Waals surface area (Å²) in [5.41, 5.74) is 1.07. The van der Waals surface area contributed by atoms with Crippen LogP contribution in [0.5, 0.6) is 0 Å². The van der Waals surface area contributed by atoms with Gasteiger partial charge in [-0.3, -0.25) is 14.9 Å². The number of halogens is 2. The summed E-state index contributed by atoms with van der Waals surface area (Å²) in [6, 6.07) is 10.5. The van der Waals surface area contributed by atoms with Gasteiger partial charge in [-0.2, -0.15) is 0 Å². The molecule has 3 rings (SSSR count). The quantitative estimate of drug-likeness (QED) is 0.410. The molecule has 2 N–H and O–H groups in total. The Kier molecular flexibility index (Phi) is 7.95. The van der Waals surface area contributed by atoms with Crippen LogP contribution in [0.1, 0.15) is 42.6 Å². The number of benzene rings is 2. The summed E-state index contributed by atoms with van der Waals surface area (Å²) >= 11 is 0. The molecular formula is C24H28F2N4O4. The van der Waals surface area contributed by atoms with Crippen molar-refractivity contribution in [2.75, 3.05) is 30.5 Å². The van der Waals surface area contributed by atoms with Crippen LogP contribution in [-0.2, 0) is 16.1 Å². The van der Waals surface area contributed by atoms with Crippen molar-refractivity contribution in [1.29, 1.82) is 0 Å². The van der Waals surface area contributed by atoms with Crippen molar-refractivity contribution in [2.45, 2.75) is 38.8 Å².